The van der Waals surface area contributed by atoms with E-state index in [0.717, 1.165) is 65.9 Å². The molecule has 0 aliphatic heterocycles. The Morgan fingerprint density at radius 3 is 1.49 bits per heavy atom. The number of nitrogens with zero attached hydrogens (tertiary/aromatic N) is 2. The standard InChI is InChI=1S/C58H67BrN2O8/c1-14-64-55(62)53(68-57(9,10)11)48-38(6)60-37(5)47(50(48)43-22-16-35(3)17-23-43)42-26-30-46(31-27-42)67-34-41-20-28-45(29-21-41)66-33-32-58(12,13)69-54(56(63)65-15-2)49-39(7)61-40(8)52(59)51(49)44-24-18-36(4)19-25-44/h16-31,53-54H,14-15,32-34H2,1-13H3/t53-,54-/m0/s1. The second-order valence-electron chi connectivity index (χ2n) is 19.0. The number of aromatic nitrogens is 2. The summed E-state index contributed by atoms with van der Waals surface area (Å²) in [6.07, 6.45) is -1.52. The Balaban J connectivity index is 1.15. The van der Waals surface area contributed by atoms with Crippen LogP contribution in [0.4, 0.5) is 0 Å². The van der Waals surface area contributed by atoms with Crippen LogP contribution < -0.4 is 9.47 Å². The van der Waals surface area contributed by atoms with Gasteiger partial charge in [-0.15, -0.1) is 0 Å². The van der Waals surface area contributed by atoms with Crippen molar-refractivity contribution < 1.29 is 38.0 Å². The Labute approximate surface area is 417 Å². The van der Waals surface area contributed by atoms with Crippen LogP contribution in [0.1, 0.15) is 118 Å². The SMILES string of the molecule is CCOC(=O)[C@@H](OC(C)(C)CCOc1ccc(COc2ccc(-c3c(C)nc(C)c([C@H](OC(C)(C)C)C(=O)OCC)c3-c3ccc(C)cc3)cc2)cc1)c1c(C)nc(C)c(Br)c1-c1ccc(C)cc1. The average Bonchev–Trinajstić information content (AvgIpc) is 3.29. The van der Waals surface area contributed by atoms with Gasteiger partial charge in [0, 0.05) is 50.2 Å². The lowest BCUT2D eigenvalue weighted by Gasteiger charge is -2.32. The molecule has 0 saturated heterocycles. The lowest BCUT2D eigenvalue weighted by molar-refractivity contribution is -0.169. The smallest absolute Gasteiger partial charge is 0.340 e. The van der Waals surface area contributed by atoms with Gasteiger partial charge in [0.1, 0.15) is 18.1 Å². The number of ether oxygens (including phenoxy) is 6. The third kappa shape index (κ3) is 13.3. The molecule has 0 radical (unpaired) electrons. The molecule has 0 N–H and O–H groups in total. The highest BCUT2D eigenvalue weighted by atomic mass is 79.9. The van der Waals surface area contributed by atoms with Crippen LogP contribution in [-0.2, 0) is 35.1 Å². The fourth-order valence-electron chi connectivity index (χ4n) is 8.32. The van der Waals surface area contributed by atoms with Crippen molar-refractivity contribution in [3.63, 3.8) is 0 Å². The zero-order valence-corrected chi connectivity index (χ0v) is 44.1. The molecule has 10 nitrogen and oxygen atoms in total. The fraction of sp³-hybridized carbons (Fsp3) is 0.379. The van der Waals surface area contributed by atoms with E-state index in [-0.39, 0.29) is 13.2 Å². The third-order valence-corrected chi connectivity index (χ3v) is 12.7. The quantitative estimate of drug-likeness (QED) is 0.0726. The summed E-state index contributed by atoms with van der Waals surface area (Å²) in [5.41, 5.74) is 11.7. The molecule has 0 spiro atoms. The molecular formula is C58H67BrN2O8. The molecule has 6 aromatic rings. The van der Waals surface area contributed by atoms with Crippen molar-refractivity contribution in [3.05, 3.63) is 152 Å². The van der Waals surface area contributed by atoms with E-state index < -0.39 is 35.3 Å². The van der Waals surface area contributed by atoms with Crippen molar-refractivity contribution in [1.29, 1.82) is 0 Å². The van der Waals surface area contributed by atoms with Crippen molar-refractivity contribution in [3.8, 4) is 44.9 Å². The minimum atomic E-state index is -1.02. The van der Waals surface area contributed by atoms with Crippen LogP contribution in [-0.4, -0.2) is 52.9 Å². The Kier molecular flexibility index (Phi) is 17.3. The molecule has 364 valence electrons. The Hall–Kier alpha value is -5.88. The highest BCUT2D eigenvalue weighted by molar-refractivity contribution is 9.10. The molecule has 0 fully saturated rings. The summed E-state index contributed by atoms with van der Waals surface area (Å²) >= 11 is 3.78. The minimum absolute atomic E-state index is 0.215. The van der Waals surface area contributed by atoms with Crippen LogP contribution in [0.2, 0.25) is 0 Å². The number of hydrogen-bond donors (Lipinski definition) is 0. The second kappa shape index (κ2) is 22.7. The predicted molar refractivity (Wildman–Crippen MR) is 277 cm³/mol. The first-order chi connectivity index (χ1) is 32.7. The number of benzene rings is 4. The van der Waals surface area contributed by atoms with E-state index in [1.807, 2.05) is 130 Å². The monoisotopic (exact) mass is 998 g/mol. The zero-order valence-electron chi connectivity index (χ0n) is 42.5. The number of esters is 2. The summed E-state index contributed by atoms with van der Waals surface area (Å²) in [5, 5.41) is 0. The number of pyridine rings is 2. The van der Waals surface area contributed by atoms with Crippen LogP contribution in [0.15, 0.2) is 102 Å². The molecule has 0 saturated carbocycles. The summed E-state index contributed by atoms with van der Waals surface area (Å²) in [5.74, 6) is 0.482. The van der Waals surface area contributed by atoms with E-state index in [9.17, 15) is 9.59 Å². The van der Waals surface area contributed by atoms with Crippen molar-refractivity contribution in [2.24, 2.45) is 0 Å². The predicted octanol–water partition coefficient (Wildman–Crippen LogP) is 14.0. The maximum atomic E-state index is 13.7. The number of carbonyl (C=O) groups is 2. The first kappa shape index (κ1) is 52.5. The van der Waals surface area contributed by atoms with E-state index in [1.54, 1.807) is 13.8 Å². The molecule has 0 amide bonds. The van der Waals surface area contributed by atoms with Crippen molar-refractivity contribution >= 4 is 27.9 Å². The molecule has 0 bridgehead atoms. The maximum absolute atomic E-state index is 13.7. The fourth-order valence-corrected chi connectivity index (χ4v) is 8.85. The number of aryl methyl sites for hydroxylation is 6. The summed E-state index contributed by atoms with van der Waals surface area (Å²) < 4.78 is 37.6. The molecule has 4 aromatic carbocycles. The average molecular weight is 1000 g/mol. The van der Waals surface area contributed by atoms with Gasteiger partial charge < -0.3 is 28.4 Å². The van der Waals surface area contributed by atoms with Gasteiger partial charge in [-0.1, -0.05) is 83.9 Å². The summed E-state index contributed by atoms with van der Waals surface area (Å²) in [7, 11) is 0. The van der Waals surface area contributed by atoms with E-state index in [4.69, 9.17) is 38.4 Å². The van der Waals surface area contributed by atoms with E-state index in [2.05, 4.69) is 59.3 Å². The largest absolute Gasteiger partial charge is 0.493 e. The highest BCUT2D eigenvalue weighted by Crippen LogP contribution is 2.44. The Bertz CT molecular complexity index is 2730. The topological polar surface area (TPSA) is 115 Å². The van der Waals surface area contributed by atoms with Gasteiger partial charge in [0.05, 0.1) is 36.7 Å². The Morgan fingerprint density at radius 2 is 0.971 bits per heavy atom. The molecule has 2 atom stereocenters. The number of hydrogen-bond acceptors (Lipinski definition) is 10. The van der Waals surface area contributed by atoms with Crippen LogP contribution in [0, 0.1) is 41.5 Å². The summed E-state index contributed by atoms with van der Waals surface area (Å²) in [4.78, 5) is 37.1. The van der Waals surface area contributed by atoms with Crippen LogP contribution in [0.3, 0.4) is 0 Å². The normalized spacial score (nSPS) is 12.6. The molecule has 69 heavy (non-hydrogen) atoms. The molecule has 11 heteroatoms. The first-order valence-corrected chi connectivity index (χ1v) is 24.4. The second-order valence-corrected chi connectivity index (χ2v) is 19.8. The first-order valence-electron chi connectivity index (χ1n) is 23.7. The van der Waals surface area contributed by atoms with Gasteiger partial charge in [-0.05, 0) is 158 Å². The van der Waals surface area contributed by atoms with E-state index >= 15 is 0 Å². The van der Waals surface area contributed by atoms with Crippen molar-refractivity contribution in [1.82, 2.24) is 9.97 Å². The Morgan fingerprint density at radius 1 is 0.536 bits per heavy atom. The van der Waals surface area contributed by atoms with Gasteiger partial charge in [-0.3, -0.25) is 9.97 Å². The molecule has 0 aliphatic carbocycles. The summed E-state index contributed by atoms with van der Waals surface area (Å²) in [6, 6.07) is 32.3. The van der Waals surface area contributed by atoms with E-state index in [1.165, 1.54) is 0 Å². The molecule has 0 aliphatic rings. The lowest BCUT2D eigenvalue weighted by atomic mass is 9.86. The van der Waals surface area contributed by atoms with Gasteiger partial charge >= 0.3 is 11.9 Å². The van der Waals surface area contributed by atoms with Crippen LogP contribution >= 0.6 is 15.9 Å². The lowest BCUT2D eigenvalue weighted by Crippen LogP contribution is -2.33. The highest BCUT2D eigenvalue weighted by Gasteiger charge is 2.37. The van der Waals surface area contributed by atoms with Gasteiger partial charge in [0.15, 0.2) is 12.2 Å². The van der Waals surface area contributed by atoms with Gasteiger partial charge in [0.2, 0.25) is 0 Å². The van der Waals surface area contributed by atoms with Gasteiger partial charge in [-0.25, -0.2) is 9.59 Å². The number of halogens is 1. The number of rotatable bonds is 19. The minimum Gasteiger partial charge on any atom is -0.493 e. The maximum Gasteiger partial charge on any atom is 0.340 e. The molecule has 2 heterocycles. The van der Waals surface area contributed by atoms with E-state index in [0.29, 0.717) is 53.6 Å². The van der Waals surface area contributed by atoms with Crippen LogP contribution in [0.5, 0.6) is 11.5 Å². The van der Waals surface area contributed by atoms with Gasteiger partial charge in [0.25, 0.3) is 0 Å². The third-order valence-electron chi connectivity index (χ3n) is 11.7. The molecular weight excluding hydrogens is 933 g/mol. The molecule has 2 aromatic heterocycles. The molecule has 0 unspecified atom stereocenters. The number of carbonyl (C=O) groups excluding carboxylic acids is 2. The summed E-state index contributed by atoms with van der Waals surface area (Å²) in [6.45, 7) is 26.3. The molecule has 6 rings (SSSR count). The van der Waals surface area contributed by atoms with Crippen LogP contribution in [0.25, 0.3) is 33.4 Å². The van der Waals surface area contributed by atoms with Crippen molar-refractivity contribution in [2.75, 3.05) is 19.8 Å². The van der Waals surface area contributed by atoms with Crippen molar-refractivity contribution in [2.45, 2.75) is 126 Å². The zero-order chi connectivity index (χ0) is 50.2. The van der Waals surface area contributed by atoms with Gasteiger partial charge in [-0.2, -0.15) is 0 Å².